The molecule has 2 nitrogen and oxygen atoms in total. The van der Waals surface area contributed by atoms with Crippen molar-refractivity contribution >= 4 is 17.3 Å². The van der Waals surface area contributed by atoms with Gasteiger partial charge in [-0.15, -0.1) is 11.3 Å². The number of carbonyl (C=O) groups excluding carboxylic acids is 1. The molecule has 2 rings (SSSR count). The van der Waals surface area contributed by atoms with Crippen molar-refractivity contribution in [2.24, 2.45) is 0 Å². The average molecular weight is 210 g/mol. The van der Waals surface area contributed by atoms with Crippen LogP contribution in [-0.2, 0) is 14.9 Å². The molecule has 1 aliphatic rings. The fourth-order valence-electron chi connectivity index (χ4n) is 2.11. The monoisotopic (exact) mass is 210 g/mol. The van der Waals surface area contributed by atoms with E-state index < -0.39 is 0 Å². The van der Waals surface area contributed by atoms with Crippen LogP contribution in [0.25, 0.3) is 0 Å². The quantitative estimate of drug-likeness (QED) is 0.701. The first-order valence-corrected chi connectivity index (χ1v) is 5.72. The van der Waals surface area contributed by atoms with Gasteiger partial charge in [-0.1, -0.05) is 6.42 Å². The number of carbonyl (C=O) groups is 1. The lowest BCUT2D eigenvalue weighted by molar-refractivity contribution is -0.151. The summed E-state index contributed by atoms with van der Waals surface area (Å²) < 4.78 is 4.90. The Kier molecular flexibility index (Phi) is 2.35. The van der Waals surface area contributed by atoms with Gasteiger partial charge in [0.25, 0.3) is 0 Å². The Bertz CT molecular complexity index is 350. The number of thiophene rings is 1. The molecule has 0 N–H and O–H groups in total. The van der Waals surface area contributed by atoms with Crippen LogP contribution in [0.1, 0.15) is 29.7 Å². The molecule has 0 radical (unpaired) electrons. The first-order valence-electron chi connectivity index (χ1n) is 4.84. The third-order valence-electron chi connectivity index (χ3n) is 3.08. The molecule has 0 bridgehead atoms. The SMILES string of the molecule is COC(=O)C1(c2sccc2C)CCC1. The second-order valence-corrected chi connectivity index (χ2v) is 4.78. The second-order valence-electron chi connectivity index (χ2n) is 3.86. The highest BCUT2D eigenvalue weighted by Gasteiger charge is 2.48. The summed E-state index contributed by atoms with van der Waals surface area (Å²) in [5, 5.41) is 2.05. The molecule has 0 aliphatic heterocycles. The highest BCUT2D eigenvalue weighted by atomic mass is 32.1. The van der Waals surface area contributed by atoms with Crippen LogP contribution in [0.15, 0.2) is 11.4 Å². The van der Waals surface area contributed by atoms with Crippen LogP contribution in [0.5, 0.6) is 0 Å². The molecule has 1 aromatic rings. The molecule has 0 spiro atoms. The zero-order valence-corrected chi connectivity index (χ0v) is 9.32. The lowest BCUT2D eigenvalue weighted by atomic mass is 9.67. The minimum atomic E-state index is -0.299. The minimum Gasteiger partial charge on any atom is -0.468 e. The van der Waals surface area contributed by atoms with Gasteiger partial charge < -0.3 is 4.74 Å². The van der Waals surface area contributed by atoms with Gasteiger partial charge in [-0.2, -0.15) is 0 Å². The molecule has 1 aliphatic carbocycles. The summed E-state index contributed by atoms with van der Waals surface area (Å²) in [5.74, 6) is -0.0608. The van der Waals surface area contributed by atoms with Crippen LogP contribution in [-0.4, -0.2) is 13.1 Å². The average Bonchev–Trinajstić information content (AvgIpc) is 2.51. The van der Waals surface area contributed by atoms with Gasteiger partial charge in [-0.05, 0) is 36.8 Å². The van der Waals surface area contributed by atoms with Crippen molar-refractivity contribution in [1.29, 1.82) is 0 Å². The largest absolute Gasteiger partial charge is 0.468 e. The molecule has 0 amide bonds. The van der Waals surface area contributed by atoms with Crippen molar-refractivity contribution in [3.8, 4) is 0 Å². The molecule has 1 heterocycles. The topological polar surface area (TPSA) is 26.3 Å². The highest BCUT2D eigenvalue weighted by Crippen LogP contribution is 2.47. The van der Waals surface area contributed by atoms with Gasteiger partial charge in [-0.3, -0.25) is 4.79 Å². The van der Waals surface area contributed by atoms with E-state index in [0.717, 1.165) is 19.3 Å². The summed E-state index contributed by atoms with van der Waals surface area (Å²) in [6.45, 7) is 2.06. The van der Waals surface area contributed by atoms with Gasteiger partial charge in [0.05, 0.1) is 7.11 Å². The third-order valence-corrected chi connectivity index (χ3v) is 4.30. The van der Waals surface area contributed by atoms with Crippen LogP contribution in [0, 0.1) is 6.92 Å². The number of rotatable bonds is 2. The fraction of sp³-hybridized carbons (Fsp3) is 0.545. The van der Waals surface area contributed by atoms with Crippen molar-refractivity contribution in [1.82, 2.24) is 0 Å². The van der Waals surface area contributed by atoms with Crippen molar-refractivity contribution in [3.63, 3.8) is 0 Å². The van der Waals surface area contributed by atoms with Crippen LogP contribution in [0.2, 0.25) is 0 Å². The molecule has 1 fully saturated rings. The van der Waals surface area contributed by atoms with Gasteiger partial charge in [0.2, 0.25) is 0 Å². The Hall–Kier alpha value is -0.830. The van der Waals surface area contributed by atoms with Crippen molar-refractivity contribution in [2.45, 2.75) is 31.6 Å². The second kappa shape index (κ2) is 3.39. The molecule has 1 aromatic heterocycles. The Morgan fingerprint density at radius 2 is 2.29 bits per heavy atom. The highest BCUT2D eigenvalue weighted by molar-refractivity contribution is 7.10. The first kappa shape index (κ1) is 9.71. The molecule has 0 unspecified atom stereocenters. The maximum Gasteiger partial charge on any atom is 0.317 e. The molecule has 14 heavy (non-hydrogen) atoms. The maximum absolute atomic E-state index is 11.8. The number of hydrogen-bond donors (Lipinski definition) is 0. The molecule has 76 valence electrons. The fourth-order valence-corrected chi connectivity index (χ4v) is 3.29. The van der Waals surface area contributed by atoms with E-state index in [1.165, 1.54) is 17.6 Å². The zero-order valence-electron chi connectivity index (χ0n) is 8.50. The molecule has 3 heteroatoms. The maximum atomic E-state index is 11.8. The number of esters is 1. The van der Waals surface area contributed by atoms with E-state index in [2.05, 4.69) is 13.0 Å². The van der Waals surface area contributed by atoms with E-state index >= 15 is 0 Å². The van der Waals surface area contributed by atoms with Gasteiger partial charge in [0, 0.05) is 4.88 Å². The lowest BCUT2D eigenvalue weighted by Crippen LogP contribution is -2.43. The van der Waals surface area contributed by atoms with Gasteiger partial charge in [-0.25, -0.2) is 0 Å². The zero-order chi connectivity index (χ0) is 10.2. The Balaban J connectivity index is 2.38. The van der Waals surface area contributed by atoms with E-state index in [0.29, 0.717) is 0 Å². The lowest BCUT2D eigenvalue weighted by Gasteiger charge is -2.38. The molecule has 0 aromatic carbocycles. The van der Waals surface area contributed by atoms with Gasteiger partial charge >= 0.3 is 5.97 Å². The molecule has 0 atom stereocenters. The molecule has 1 saturated carbocycles. The van der Waals surface area contributed by atoms with E-state index in [1.807, 2.05) is 5.38 Å². The first-order chi connectivity index (χ1) is 6.70. The van der Waals surface area contributed by atoms with Crippen molar-refractivity contribution < 1.29 is 9.53 Å². The third kappa shape index (κ3) is 1.19. The Morgan fingerprint density at radius 3 is 2.64 bits per heavy atom. The van der Waals surface area contributed by atoms with E-state index in [1.54, 1.807) is 11.3 Å². The van der Waals surface area contributed by atoms with Crippen molar-refractivity contribution in [2.75, 3.05) is 7.11 Å². The predicted octanol–water partition coefficient (Wildman–Crippen LogP) is 2.65. The number of ether oxygens (including phenoxy) is 1. The van der Waals surface area contributed by atoms with Crippen LogP contribution in [0.3, 0.4) is 0 Å². The van der Waals surface area contributed by atoms with E-state index in [-0.39, 0.29) is 11.4 Å². The standard InChI is InChI=1S/C11H14O2S/c1-8-4-7-14-9(8)11(5-3-6-11)10(12)13-2/h4,7H,3,5-6H2,1-2H3. The van der Waals surface area contributed by atoms with Gasteiger partial charge in [0.15, 0.2) is 0 Å². The summed E-state index contributed by atoms with van der Waals surface area (Å²) in [5.41, 5.74) is 0.924. The molecular formula is C11H14O2S. The van der Waals surface area contributed by atoms with Crippen LogP contribution >= 0.6 is 11.3 Å². The number of hydrogen-bond acceptors (Lipinski definition) is 3. The van der Waals surface area contributed by atoms with Crippen LogP contribution < -0.4 is 0 Å². The minimum absolute atomic E-state index is 0.0608. The number of aryl methyl sites for hydroxylation is 1. The normalized spacial score (nSPS) is 18.7. The van der Waals surface area contributed by atoms with E-state index in [9.17, 15) is 4.79 Å². The summed E-state index contributed by atoms with van der Waals surface area (Å²) in [6.07, 6.45) is 3.02. The van der Waals surface area contributed by atoms with E-state index in [4.69, 9.17) is 4.74 Å². The smallest absolute Gasteiger partial charge is 0.317 e. The van der Waals surface area contributed by atoms with Crippen LogP contribution in [0.4, 0.5) is 0 Å². The Labute approximate surface area is 87.9 Å². The molecule has 0 saturated heterocycles. The molecular weight excluding hydrogens is 196 g/mol. The number of methoxy groups -OCH3 is 1. The Morgan fingerprint density at radius 1 is 1.57 bits per heavy atom. The predicted molar refractivity (Wildman–Crippen MR) is 56.6 cm³/mol. The van der Waals surface area contributed by atoms with Gasteiger partial charge in [0.1, 0.15) is 5.41 Å². The summed E-state index contributed by atoms with van der Waals surface area (Å²) >= 11 is 1.68. The van der Waals surface area contributed by atoms with Crippen molar-refractivity contribution in [3.05, 3.63) is 21.9 Å². The summed E-state index contributed by atoms with van der Waals surface area (Å²) in [7, 11) is 1.48. The summed E-state index contributed by atoms with van der Waals surface area (Å²) in [6, 6.07) is 2.07. The summed E-state index contributed by atoms with van der Waals surface area (Å²) in [4.78, 5) is 13.0.